The molecule has 76 valence electrons. The van der Waals surface area contributed by atoms with Crippen molar-refractivity contribution in [3.63, 3.8) is 0 Å². The van der Waals surface area contributed by atoms with Crippen LogP contribution in [-0.4, -0.2) is 6.54 Å². The minimum atomic E-state index is -0.366. The Morgan fingerprint density at radius 1 is 1.50 bits per heavy atom. The molecule has 1 fully saturated rings. The average Bonchev–Trinajstić information content (AvgIpc) is 2.87. The van der Waals surface area contributed by atoms with E-state index in [1.807, 2.05) is 0 Å². The second-order valence-corrected chi connectivity index (χ2v) is 4.70. The van der Waals surface area contributed by atoms with Gasteiger partial charge in [0.2, 0.25) is 0 Å². The highest BCUT2D eigenvalue weighted by molar-refractivity contribution is 6.31. The van der Waals surface area contributed by atoms with Gasteiger partial charge in [0.05, 0.1) is 5.02 Å². The predicted octanol–water partition coefficient (Wildman–Crippen LogP) is 3.69. The zero-order valence-electron chi connectivity index (χ0n) is 8.11. The van der Waals surface area contributed by atoms with E-state index >= 15 is 0 Å². The molecule has 1 aromatic rings. The van der Waals surface area contributed by atoms with Gasteiger partial charge in [0.25, 0.3) is 0 Å². The van der Waals surface area contributed by atoms with Crippen LogP contribution < -0.4 is 5.32 Å². The molecule has 0 spiro atoms. The number of anilines is 1. The summed E-state index contributed by atoms with van der Waals surface area (Å²) in [6.45, 7) is 3.18. The summed E-state index contributed by atoms with van der Waals surface area (Å²) in [5, 5.41) is 3.44. The minimum absolute atomic E-state index is 0.177. The molecule has 0 aliphatic heterocycles. The highest BCUT2D eigenvalue weighted by Gasteiger charge is 2.36. The van der Waals surface area contributed by atoms with Gasteiger partial charge in [-0.1, -0.05) is 18.5 Å². The topological polar surface area (TPSA) is 12.0 Å². The molecule has 2 rings (SSSR count). The van der Waals surface area contributed by atoms with Gasteiger partial charge in [0.15, 0.2) is 0 Å². The van der Waals surface area contributed by atoms with Crippen LogP contribution in [0.2, 0.25) is 5.02 Å². The first-order valence-corrected chi connectivity index (χ1v) is 5.16. The number of rotatable bonds is 3. The van der Waals surface area contributed by atoms with E-state index in [2.05, 4.69) is 12.2 Å². The van der Waals surface area contributed by atoms with Crippen molar-refractivity contribution in [1.29, 1.82) is 0 Å². The van der Waals surface area contributed by atoms with Crippen molar-refractivity contribution >= 4 is 17.3 Å². The van der Waals surface area contributed by atoms with Crippen molar-refractivity contribution in [2.24, 2.45) is 5.41 Å². The maximum Gasteiger partial charge on any atom is 0.141 e. The molecule has 1 aromatic carbocycles. The second kappa shape index (κ2) is 3.43. The van der Waals surface area contributed by atoms with Gasteiger partial charge in [-0.15, -0.1) is 0 Å². The number of nitrogens with one attached hydrogen (secondary N) is 1. The molecule has 0 atom stereocenters. The lowest BCUT2D eigenvalue weighted by atomic mass is 10.1. The zero-order valence-corrected chi connectivity index (χ0v) is 8.87. The molecule has 0 unspecified atom stereocenters. The second-order valence-electron chi connectivity index (χ2n) is 4.29. The Balaban J connectivity index is 1.99. The van der Waals surface area contributed by atoms with Gasteiger partial charge in [-0.2, -0.15) is 0 Å². The van der Waals surface area contributed by atoms with Gasteiger partial charge < -0.3 is 5.32 Å². The molecule has 14 heavy (non-hydrogen) atoms. The van der Waals surface area contributed by atoms with Crippen LogP contribution in [0.25, 0.3) is 0 Å². The van der Waals surface area contributed by atoms with Gasteiger partial charge in [-0.3, -0.25) is 0 Å². The molecule has 0 radical (unpaired) electrons. The summed E-state index contributed by atoms with van der Waals surface area (Å²) < 4.78 is 12.8. The third kappa shape index (κ3) is 2.18. The Bertz CT molecular complexity index is 347. The zero-order chi connectivity index (χ0) is 10.2. The Labute approximate surface area is 88.3 Å². The molecule has 1 aliphatic rings. The molecule has 0 amide bonds. The summed E-state index contributed by atoms with van der Waals surface area (Å²) in [5.41, 5.74) is 1.34. The van der Waals surface area contributed by atoms with Crippen molar-refractivity contribution in [1.82, 2.24) is 0 Å². The first kappa shape index (κ1) is 9.78. The number of benzene rings is 1. The lowest BCUT2D eigenvalue weighted by Gasteiger charge is -2.11. The Morgan fingerprint density at radius 3 is 2.79 bits per heavy atom. The van der Waals surface area contributed by atoms with Crippen molar-refractivity contribution in [3.05, 3.63) is 29.0 Å². The van der Waals surface area contributed by atoms with Crippen LogP contribution in [-0.2, 0) is 0 Å². The SMILES string of the molecule is CC1(CNc2ccc(F)c(Cl)c2)CC1. The van der Waals surface area contributed by atoms with E-state index in [1.165, 1.54) is 18.9 Å². The summed E-state index contributed by atoms with van der Waals surface area (Å²) in [4.78, 5) is 0. The summed E-state index contributed by atoms with van der Waals surface area (Å²) in [7, 11) is 0. The van der Waals surface area contributed by atoms with Gasteiger partial charge in [-0.05, 0) is 36.5 Å². The molecule has 0 bridgehead atoms. The van der Waals surface area contributed by atoms with E-state index in [0.29, 0.717) is 5.41 Å². The molecular weight excluding hydrogens is 201 g/mol. The highest BCUT2D eigenvalue weighted by atomic mass is 35.5. The van der Waals surface area contributed by atoms with Crippen molar-refractivity contribution < 1.29 is 4.39 Å². The number of hydrogen-bond donors (Lipinski definition) is 1. The quantitative estimate of drug-likeness (QED) is 0.808. The molecule has 1 N–H and O–H groups in total. The van der Waals surface area contributed by atoms with Crippen LogP contribution in [0.3, 0.4) is 0 Å². The van der Waals surface area contributed by atoms with Crippen molar-refractivity contribution in [2.75, 3.05) is 11.9 Å². The van der Waals surface area contributed by atoms with Crippen LogP contribution in [0.4, 0.5) is 10.1 Å². The fourth-order valence-electron chi connectivity index (χ4n) is 1.31. The van der Waals surface area contributed by atoms with Gasteiger partial charge in [0, 0.05) is 12.2 Å². The smallest absolute Gasteiger partial charge is 0.141 e. The standard InChI is InChI=1S/C11H13ClFN/c1-11(4-5-11)7-14-8-2-3-10(13)9(12)6-8/h2-3,6,14H,4-5,7H2,1H3. The summed E-state index contributed by atoms with van der Waals surface area (Å²) in [6.07, 6.45) is 2.55. The number of halogens is 2. The molecule has 1 saturated carbocycles. The predicted molar refractivity (Wildman–Crippen MR) is 57.2 cm³/mol. The molecule has 3 heteroatoms. The van der Waals surface area contributed by atoms with Gasteiger partial charge >= 0.3 is 0 Å². The van der Waals surface area contributed by atoms with E-state index in [9.17, 15) is 4.39 Å². The van der Waals surface area contributed by atoms with E-state index in [1.54, 1.807) is 12.1 Å². The fraction of sp³-hybridized carbons (Fsp3) is 0.455. The Morgan fingerprint density at radius 2 is 2.21 bits per heavy atom. The van der Waals surface area contributed by atoms with Crippen molar-refractivity contribution in [3.8, 4) is 0 Å². The summed E-state index contributed by atoms with van der Waals surface area (Å²) in [5.74, 6) is -0.366. The minimum Gasteiger partial charge on any atom is -0.384 e. The average molecular weight is 214 g/mol. The van der Waals surface area contributed by atoms with E-state index in [-0.39, 0.29) is 10.8 Å². The van der Waals surface area contributed by atoms with Crippen molar-refractivity contribution in [2.45, 2.75) is 19.8 Å². The first-order chi connectivity index (χ1) is 6.59. The maximum absolute atomic E-state index is 12.8. The van der Waals surface area contributed by atoms with Crippen LogP contribution >= 0.6 is 11.6 Å². The van der Waals surface area contributed by atoms with Crippen LogP contribution in [0.15, 0.2) is 18.2 Å². The Kier molecular flexibility index (Phi) is 2.40. The summed E-state index contributed by atoms with van der Waals surface area (Å²) in [6, 6.07) is 4.73. The Hall–Kier alpha value is -0.760. The van der Waals surface area contributed by atoms with Crippen LogP contribution in [0.1, 0.15) is 19.8 Å². The van der Waals surface area contributed by atoms with E-state index in [0.717, 1.165) is 12.2 Å². The fourth-order valence-corrected chi connectivity index (χ4v) is 1.49. The normalized spacial score (nSPS) is 17.9. The van der Waals surface area contributed by atoms with Crippen LogP contribution in [0.5, 0.6) is 0 Å². The van der Waals surface area contributed by atoms with Crippen LogP contribution in [0, 0.1) is 11.2 Å². The molecule has 0 saturated heterocycles. The lowest BCUT2D eigenvalue weighted by Crippen LogP contribution is -2.11. The van der Waals surface area contributed by atoms with Gasteiger partial charge in [0.1, 0.15) is 5.82 Å². The largest absolute Gasteiger partial charge is 0.384 e. The lowest BCUT2D eigenvalue weighted by molar-refractivity contribution is 0.610. The molecular formula is C11H13ClFN. The monoisotopic (exact) mass is 213 g/mol. The van der Waals surface area contributed by atoms with E-state index in [4.69, 9.17) is 11.6 Å². The molecule has 1 nitrogen and oxygen atoms in total. The first-order valence-electron chi connectivity index (χ1n) is 4.78. The van der Waals surface area contributed by atoms with Gasteiger partial charge in [-0.25, -0.2) is 4.39 Å². The van der Waals surface area contributed by atoms with E-state index < -0.39 is 0 Å². The highest BCUT2D eigenvalue weighted by Crippen LogP contribution is 2.44. The molecule has 1 aliphatic carbocycles. The number of hydrogen-bond acceptors (Lipinski definition) is 1. The third-order valence-electron chi connectivity index (χ3n) is 2.74. The summed E-state index contributed by atoms with van der Waals surface area (Å²) >= 11 is 5.66. The molecule has 0 heterocycles. The molecule has 0 aromatic heterocycles. The third-order valence-corrected chi connectivity index (χ3v) is 3.03. The maximum atomic E-state index is 12.8.